The normalized spacial score (nSPS) is 11.7. The summed E-state index contributed by atoms with van der Waals surface area (Å²) in [5.41, 5.74) is 0.512. The van der Waals surface area contributed by atoms with Gasteiger partial charge in [0.25, 0.3) is 5.22 Å². The zero-order valence-corrected chi connectivity index (χ0v) is 17.3. The zero-order valence-electron chi connectivity index (χ0n) is 15.6. The average Bonchev–Trinajstić information content (AvgIpc) is 3.14. The molecule has 1 heterocycles. The third kappa shape index (κ3) is 5.53. The van der Waals surface area contributed by atoms with Crippen LogP contribution in [0.5, 0.6) is 0 Å². The molecule has 0 unspecified atom stereocenters. The standard InChI is InChI=1S/C17H24N4O4S2/c1-4-10-18-15(22)12-26-17-20-19-16(25-17)13-8-7-9-14(11-13)27(23,24)21(5-2)6-3/h7-9,11H,4-6,10,12H2,1-3H3,(H,18,22). The van der Waals surface area contributed by atoms with Crippen LogP contribution in [-0.2, 0) is 14.8 Å². The smallest absolute Gasteiger partial charge is 0.277 e. The van der Waals surface area contributed by atoms with E-state index in [1.165, 1.54) is 10.4 Å². The summed E-state index contributed by atoms with van der Waals surface area (Å²) < 4.78 is 32.3. The molecule has 0 spiro atoms. The Bertz CT molecular complexity index is 863. The Morgan fingerprint density at radius 2 is 1.96 bits per heavy atom. The Labute approximate surface area is 163 Å². The number of benzene rings is 1. The molecule has 2 rings (SSSR count). The first-order chi connectivity index (χ1) is 12.9. The fourth-order valence-electron chi connectivity index (χ4n) is 2.33. The van der Waals surface area contributed by atoms with Crippen LogP contribution in [0.25, 0.3) is 11.5 Å². The number of sulfonamides is 1. The molecule has 2 aromatic rings. The first kappa shape index (κ1) is 21.4. The molecule has 0 aliphatic rings. The summed E-state index contributed by atoms with van der Waals surface area (Å²) in [6.07, 6.45) is 0.869. The maximum Gasteiger partial charge on any atom is 0.277 e. The minimum Gasteiger partial charge on any atom is -0.411 e. The molecular weight excluding hydrogens is 388 g/mol. The van der Waals surface area contributed by atoms with Gasteiger partial charge in [0.05, 0.1) is 10.6 Å². The van der Waals surface area contributed by atoms with Crippen LogP contribution < -0.4 is 5.32 Å². The van der Waals surface area contributed by atoms with E-state index in [0.29, 0.717) is 25.2 Å². The predicted molar refractivity (Wildman–Crippen MR) is 104 cm³/mol. The molecule has 0 saturated carbocycles. The number of carbonyl (C=O) groups excluding carboxylic acids is 1. The van der Waals surface area contributed by atoms with E-state index >= 15 is 0 Å². The van der Waals surface area contributed by atoms with E-state index < -0.39 is 10.0 Å². The van der Waals surface area contributed by atoms with Crippen molar-refractivity contribution in [2.24, 2.45) is 0 Å². The fourth-order valence-corrected chi connectivity index (χ4v) is 4.43. The van der Waals surface area contributed by atoms with Crippen molar-refractivity contribution in [3.63, 3.8) is 0 Å². The van der Waals surface area contributed by atoms with E-state index in [9.17, 15) is 13.2 Å². The largest absolute Gasteiger partial charge is 0.411 e. The number of hydrogen-bond acceptors (Lipinski definition) is 7. The first-order valence-corrected chi connectivity index (χ1v) is 11.2. The van der Waals surface area contributed by atoms with Crippen LogP contribution in [0.4, 0.5) is 0 Å². The van der Waals surface area contributed by atoms with E-state index in [4.69, 9.17) is 4.42 Å². The predicted octanol–water partition coefficient (Wildman–Crippen LogP) is 2.39. The molecule has 0 aliphatic carbocycles. The van der Waals surface area contributed by atoms with E-state index in [1.54, 1.807) is 32.0 Å². The van der Waals surface area contributed by atoms with Crippen molar-refractivity contribution in [3.05, 3.63) is 24.3 Å². The van der Waals surface area contributed by atoms with E-state index in [1.807, 2.05) is 6.92 Å². The molecule has 8 nitrogen and oxygen atoms in total. The molecule has 0 fully saturated rings. The van der Waals surface area contributed by atoms with Crippen LogP contribution in [-0.4, -0.2) is 54.2 Å². The van der Waals surface area contributed by atoms with Crippen molar-refractivity contribution in [1.82, 2.24) is 19.8 Å². The lowest BCUT2D eigenvalue weighted by Gasteiger charge is -2.18. The summed E-state index contributed by atoms with van der Waals surface area (Å²) in [6, 6.07) is 6.41. The van der Waals surface area contributed by atoms with Crippen LogP contribution >= 0.6 is 11.8 Å². The highest BCUT2D eigenvalue weighted by Gasteiger charge is 2.22. The third-order valence-corrected chi connectivity index (χ3v) is 6.59. The van der Waals surface area contributed by atoms with Gasteiger partial charge in [-0.05, 0) is 24.6 Å². The SMILES string of the molecule is CCCNC(=O)CSc1nnc(-c2cccc(S(=O)(=O)N(CC)CC)c2)o1. The summed E-state index contributed by atoms with van der Waals surface area (Å²) in [4.78, 5) is 11.8. The van der Waals surface area contributed by atoms with Gasteiger partial charge in [-0.3, -0.25) is 4.79 Å². The molecule has 27 heavy (non-hydrogen) atoms. The second kappa shape index (κ2) is 9.86. The van der Waals surface area contributed by atoms with Gasteiger partial charge in [0, 0.05) is 25.2 Å². The van der Waals surface area contributed by atoms with Gasteiger partial charge in [0.1, 0.15) is 0 Å². The minimum absolute atomic E-state index is 0.103. The lowest BCUT2D eigenvalue weighted by atomic mass is 10.2. The van der Waals surface area contributed by atoms with Crippen LogP contribution in [0, 0.1) is 0 Å². The molecular formula is C17H24N4O4S2. The summed E-state index contributed by atoms with van der Waals surface area (Å²) in [6.45, 7) is 6.98. The molecule has 0 aliphatic heterocycles. The van der Waals surface area contributed by atoms with E-state index in [-0.39, 0.29) is 27.7 Å². The number of hydrogen-bond donors (Lipinski definition) is 1. The summed E-state index contributed by atoms with van der Waals surface area (Å²) >= 11 is 1.14. The summed E-state index contributed by atoms with van der Waals surface area (Å²) in [7, 11) is -3.57. The highest BCUT2D eigenvalue weighted by molar-refractivity contribution is 7.99. The molecule has 1 aromatic heterocycles. The van der Waals surface area contributed by atoms with Crippen molar-refractivity contribution in [2.45, 2.75) is 37.3 Å². The lowest BCUT2D eigenvalue weighted by Crippen LogP contribution is -2.30. The van der Waals surface area contributed by atoms with E-state index in [2.05, 4.69) is 15.5 Å². The Morgan fingerprint density at radius 3 is 2.63 bits per heavy atom. The van der Waals surface area contributed by atoms with Crippen LogP contribution in [0.15, 0.2) is 38.8 Å². The summed E-state index contributed by atoms with van der Waals surface area (Å²) in [5, 5.41) is 10.9. The van der Waals surface area contributed by atoms with Gasteiger partial charge in [0.15, 0.2) is 0 Å². The van der Waals surface area contributed by atoms with Gasteiger partial charge in [-0.15, -0.1) is 10.2 Å². The Balaban J connectivity index is 2.14. The molecule has 0 radical (unpaired) electrons. The molecule has 1 aromatic carbocycles. The monoisotopic (exact) mass is 412 g/mol. The quantitative estimate of drug-likeness (QED) is 0.597. The Kier molecular flexibility index (Phi) is 7.81. The van der Waals surface area contributed by atoms with Gasteiger partial charge in [-0.2, -0.15) is 4.31 Å². The van der Waals surface area contributed by atoms with Gasteiger partial charge in [-0.1, -0.05) is 38.6 Å². The fraction of sp³-hybridized carbons (Fsp3) is 0.471. The molecule has 10 heteroatoms. The van der Waals surface area contributed by atoms with Gasteiger partial charge in [0.2, 0.25) is 21.8 Å². The number of aromatic nitrogens is 2. The zero-order chi connectivity index (χ0) is 19.9. The van der Waals surface area contributed by atoms with Crippen molar-refractivity contribution in [2.75, 3.05) is 25.4 Å². The second-order valence-electron chi connectivity index (χ2n) is 5.63. The van der Waals surface area contributed by atoms with Crippen molar-refractivity contribution >= 4 is 27.7 Å². The third-order valence-electron chi connectivity index (χ3n) is 3.73. The van der Waals surface area contributed by atoms with Crippen LogP contribution in [0.2, 0.25) is 0 Å². The maximum atomic E-state index is 12.7. The highest BCUT2D eigenvalue weighted by Crippen LogP contribution is 2.26. The number of carbonyl (C=O) groups is 1. The van der Waals surface area contributed by atoms with Crippen molar-refractivity contribution < 1.29 is 17.6 Å². The first-order valence-electron chi connectivity index (χ1n) is 8.75. The number of thioether (sulfide) groups is 1. The molecule has 1 amide bonds. The Hall–Kier alpha value is -1.91. The van der Waals surface area contributed by atoms with Gasteiger partial charge >= 0.3 is 0 Å². The van der Waals surface area contributed by atoms with Crippen LogP contribution in [0.3, 0.4) is 0 Å². The van der Waals surface area contributed by atoms with Gasteiger partial charge < -0.3 is 9.73 Å². The van der Waals surface area contributed by atoms with Crippen molar-refractivity contribution in [1.29, 1.82) is 0 Å². The molecule has 0 atom stereocenters. The number of nitrogens with zero attached hydrogens (tertiary/aromatic N) is 3. The molecule has 0 saturated heterocycles. The molecule has 148 valence electrons. The highest BCUT2D eigenvalue weighted by atomic mass is 32.2. The van der Waals surface area contributed by atoms with E-state index in [0.717, 1.165) is 18.2 Å². The van der Waals surface area contributed by atoms with Crippen molar-refractivity contribution in [3.8, 4) is 11.5 Å². The molecule has 1 N–H and O–H groups in total. The Morgan fingerprint density at radius 1 is 1.22 bits per heavy atom. The second-order valence-corrected chi connectivity index (χ2v) is 8.49. The lowest BCUT2D eigenvalue weighted by molar-refractivity contribution is -0.118. The minimum atomic E-state index is -3.57. The molecule has 0 bridgehead atoms. The van der Waals surface area contributed by atoms with Gasteiger partial charge in [-0.25, -0.2) is 8.42 Å². The maximum absolute atomic E-state index is 12.7. The summed E-state index contributed by atoms with van der Waals surface area (Å²) in [5.74, 6) is 0.287. The number of rotatable bonds is 10. The topological polar surface area (TPSA) is 105 Å². The van der Waals surface area contributed by atoms with Crippen LogP contribution in [0.1, 0.15) is 27.2 Å². The average molecular weight is 413 g/mol. The number of nitrogens with one attached hydrogen (secondary N) is 1. The number of amides is 1.